The molecule has 0 heterocycles. The Bertz CT molecular complexity index is 876. The van der Waals surface area contributed by atoms with E-state index in [4.69, 9.17) is 23.2 Å². The van der Waals surface area contributed by atoms with E-state index in [-0.39, 0.29) is 43.4 Å². The Balaban J connectivity index is 1.85. The summed E-state index contributed by atoms with van der Waals surface area (Å²) in [6.45, 7) is 2.51. The number of carbonyl (C=O) groups is 2. The van der Waals surface area contributed by atoms with Gasteiger partial charge in [-0.25, -0.2) is 8.78 Å². The first-order chi connectivity index (χ1) is 14.3. The molecule has 2 rings (SSSR count). The Labute approximate surface area is 184 Å². The van der Waals surface area contributed by atoms with Crippen LogP contribution in [0.5, 0.6) is 0 Å². The van der Waals surface area contributed by atoms with E-state index in [1.54, 1.807) is 17.0 Å². The molecule has 30 heavy (non-hydrogen) atoms. The standard InChI is InChI=1S/C21H23Cl2F2N3O2/c1-2-10-28(13-21(30)27-19-7-6-14(22)11-16(19)23)12-20(29)26-9-8-15-17(24)4-3-5-18(15)25/h3-7,11H,2,8-10,12-13H2,1H3,(H,26,29)(H,27,30). The van der Waals surface area contributed by atoms with Crippen LogP contribution in [-0.4, -0.2) is 42.9 Å². The Morgan fingerprint density at radius 2 is 1.70 bits per heavy atom. The number of nitrogens with one attached hydrogen (secondary N) is 2. The van der Waals surface area contributed by atoms with E-state index >= 15 is 0 Å². The molecule has 0 radical (unpaired) electrons. The summed E-state index contributed by atoms with van der Waals surface area (Å²) in [7, 11) is 0. The molecule has 0 aromatic heterocycles. The summed E-state index contributed by atoms with van der Waals surface area (Å²) >= 11 is 11.9. The maximum Gasteiger partial charge on any atom is 0.238 e. The minimum absolute atomic E-state index is 0.0117. The lowest BCUT2D eigenvalue weighted by atomic mass is 10.1. The Morgan fingerprint density at radius 3 is 2.33 bits per heavy atom. The van der Waals surface area contributed by atoms with Gasteiger partial charge in [-0.1, -0.05) is 36.2 Å². The van der Waals surface area contributed by atoms with Crippen LogP contribution in [-0.2, 0) is 16.0 Å². The van der Waals surface area contributed by atoms with Crippen LogP contribution in [0.25, 0.3) is 0 Å². The zero-order chi connectivity index (χ0) is 22.1. The first-order valence-corrected chi connectivity index (χ1v) is 10.2. The highest BCUT2D eigenvalue weighted by atomic mass is 35.5. The van der Waals surface area contributed by atoms with Crippen molar-refractivity contribution in [1.82, 2.24) is 10.2 Å². The van der Waals surface area contributed by atoms with E-state index in [9.17, 15) is 18.4 Å². The third kappa shape index (κ3) is 7.55. The van der Waals surface area contributed by atoms with Gasteiger partial charge in [0.1, 0.15) is 11.6 Å². The number of hydrogen-bond acceptors (Lipinski definition) is 3. The van der Waals surface area contributed by atoms with Crippen molar-refractivity contribution in [3.63, 3.8) is 0 Å². The second kappa shape index (κ2) is 11.8. The molecule has 0 saturated carbocycles. The van der Waals surface area contributed by atoms with Gasteiger partial charge in [-0.3, -0.25) is 14.5 Å². The fraction of sp³-hybridized carbons (Fsp3) is 0.333. The zero-order valence-electron chi connectivity index (χ0n) is 16.5. The van der Waals surface area contributed by atoms with Crippen LogP contribution in [0.1, 0.15) is 18.9 Å². The number of benzene rings is 2. The summed E-state index contributed by atoms with van der Waals surface area (Å²) in [5.74, 6) is -1.95. The van der Waals surface area contributed by atoms with Gasteiger partial charge in [-0.15, -0.1) is 0 Å². The molecular formula is C21H23Cl2F2N3O2. The smallest absolute Gasteiger partial charge is 0.238 e. The molecule has 0 aliphatic carbocycles. The van der Waals surface area contributed by atoms with Crippen molar-refractivity contribution >= 4 is 40.7 Å². The number of nitrogens with zero attached hydrogens (tertiary/aromatic N) is 1. The second-order valence-electron chi connectivity index (χ2n) is 6.68. The molecule has 9 heteroatoms. The first-order valence-electron chi connectivity index (χ1n) is 9.47. The zero-order valence-corrected chi connectivity index (χ0v) is 18.0. The van der Waals surface area contributed by atoms with E-state index in [0.717, 1.165) is 6.42 Å². The molecule has 0 atom stereocenters. The van der Waals surface area contributed by atoms with Crippen LogP contribution in [0.2, 0.25) is 10.0 Å². The molecule has 0 spiro atoms. The van der Waals surface area contributed by atoms with E-state index < -0.39 is 11.6 Å². The Hall–Kier alpha value is -2.22. The van der Waals surface area contributed by atoms with Crippen LogP contribution in [0.4, 0.5) is 14.5 Å². The van der Waals surface area contributed by atoms with Gasteiger partial charge in [0.25, 0.3) is 0 Å². The SMILES string of the molecule is CCCN(CC(=O)NCCc1c(F)cccc1F)CC(=O)Nc1ccc(Cl)cc1Cl. The molecule has 0 aliphatic rings. The number of amides is 2. The molecule has 0 aliphatic heterocycles. The largest absolute Gasteiger partial charge is 0.355 e. The average Bonchev–Trinajstić information content (AvgIpc) is 2.66. The highest BCUT2D eigenvalue weighted by molar-refractivity contribution is 6.36. The van der Waals surface area contributed by atoms with E-state index in [0.29, 0.717) is 22.3 Å². The molecule has 2 aromatic rings. The first kappa shape index (κ1) is 24.1. The van der Waals surface area contributed by atoms with Gasteiger partial charge >= 0.3 is 0 Å². The van der Waals surface area contributed by atoms with Crippen LogP contribution in [0, 0.1) is 11.6 Å². The minimum atomic E-state index is -0.644. The van der Waals surface area contributed by atoms with Crippen LogP contribution in [0.15, 0.2) is 36.4 Å². The predicted molar refractivity (Wildman–Crippen MR) is 115 cm³/mol. The monoisotopic (exact) mass is 457 g/mol. The number of carbonyl (C=O) groups excluding carboxylic acids is 2. The van der Waals surface area contributed by atoms with Crippen molar-refractivity contribution < 1.29 is 18.4 Å². The lowest BCUT2D eigenvalue weighted by Gasteiger charge is -2.21. The van der Waals surface area contributed by atoms with Gasteiger partial charge in [0.15, 0.2) is 0 Å². The Kier molecular flexibility index (Phi) is 9.49. The summed E-state index contributed by atoms with van der Waals surface area (Å²) in [5.41, 5.74) is 0.362. The molecule has 0 unspecified atom stereocenters. The van der Waals surface area contributed by atoms with Crippen molar-refractivity contribution in [2.24, 2.45) is 0 Å². The number of hydrogen-bond donors (Lipinski definition) is 2. The fourth-order valence-electron chi connectivity index (χ4n) is 2.87. The quantitative estimate of drug-likeness (QED) is 0.559. The highest BCUT2D eigenvalue weighted by Crippen LogP contribution is 2.25. The fourth-order valence-corrected chi connectivity index (χ4v) is 3.33. The van der Waals surface area contributed by atoms with Crippen molar-refractivity contribution in [1.29, 1.82) is 0 Å². The molecule has 2 N–H and O–H groups in total. The molecular weight excluding hydrogens is 435 g/mol. The van der Waals surface area contributed by atoms with Gasteiger partial charge in [-0.05, 0) is 49.7 Å². The van der Waals surface area contributed by atoms with Crippen LogP contribution in [0.3, 0.4) is 0 Å². The maximum atomic E-state index is 13.6. The third-order valence-corrected chi connectivity index (χ3v) is 4.79. The van der Waals surface area contributed by atoms with Gasteiger partial charge in [0.05, 0.1) is 23.8 Å². The lowest BCUT2D eigenvalue weighted by Crippen LogP contribution is -2.42. The predicted octanol–water partition coefficient (Wildman–Crippen LogP) is 4.28. The van der Waals surface area contributed by atoms with Crippen molar-refractivity contribution in [2.45, 2.75) is 19.8 Å². The highest BCUT2D eigenvalue weighted by Gasteiger charge is 2.15. The number of halogens is 4. The van der Waals surface area contributed by atoms with Gasteiger partial charge < -0.3 is 10.6 Å². The van der Waals surface area contributed by atoms with Crippen molar-refractivity contribution in [2.75, 3.05) is 31.5 Å². The molecule has 162 valence electrons. The van der Waals surface area contributed by atoms with E-state index in [2.05, 4.69) is 10.6 Å². The number of anilines is 1. The third-order valence-electron chi connectivity index (χ3n) is 4.24. The Morgan fingerprint density at radius 1 is 1.03 bits per heavy atom. The summed E-state index contributed by atoms with van der Waals surface area (Å²) in [6.07, 6.45) is 0.774. The van der Waals surface area contributed by atoms with E-state index in [1.165, 1.54) is 24.3 Å². The summed E-state index contributed by atoms with van der Waals surface area (Å²) in [4.78, 5) is 26.2. The molecule has 0 fully saturated rings. The minimum Gasteiger partial charge on any atom is -0.355 e. The van der Waals surface area contributed by atoms with Crippen molar-refractivity contribution in [3.05, 3.63) is 63.6 Å². The van der Waals surface area contributed by atoms with Crippen LogP contribution >= 0.6 is 23.2 Å². The molecule has 0 bridgehead atoms. The molecule has 2 amide bonds. The van der Waals surface area contributed by atoms with Gasteiger partial charge in [0, 0.05) is 17.1 Å². The summed E-state index contributed by atoms with van der Waals surface area (Å²) in [5, 5.41) is 6.09. The van der Waals surface area contributed by atoms with Crippen molar-refractivity contribution in [3.8, 4) is 0 Å². The topological polar surface area (TPSA) is 61.4 Å². The summed E-state index contributed by atoms with van der Waals surface area (Å²) < 4.78 is 27.3. The normalized spacial score (nSPS) is 10.9. The molecule has 2 aromatic carbocycles. The van der Waals surface area contributed by atoms with Crippen LogP contribution < -0.4 is 10.6 Å². The number of rotatable bonds is 10. The second-order valence-corrected chi connectivity index (χ2v) is 7.53. The maximum absolute atomic E-state index is 13.6. The van der Waals surface area contributed by atoms with Gasteiger partial charge in [-0.2, -0.15) is 0 Å². The molecule has 5 nitrogen and oxygen atoms in total. The average molecular weight is 458 g/mol. The van der Waals surface area contributed by atoms with Gasteiger partial charge in [0.2, 0.25) is 11.8 Å². The lowest BCUT2D eigenvalue weighted by molar-refractivity contribution is -0.123. The summed E-state index contributed by atoms with van der Waals surface area (Å²) in [6, 6.07) is 8.37. The van der Waals surface area contributed by atoms with E-state index in [1.807, 2.05) is 6.92 Å². The molecule has 0 saturated heterocycles.